The molecule has 0 spiro atoms. The fourth-order valence-electron chi connectivity index (χ4n) is 1.96. The predicted octanol–water partition coefficient (Wildman–Crippen LogP) is 2.66. The van der Waals surface area contributed by atoms with Crippen LogP contribution >= 0.6 is 0 Å². The van der Waals surface area contributed by atoms with Crippen LogP contribution in [0.25, 0.3) is 0 Å². The third kappa shape index (κ3) is 2.60. The molecule has 0 bridgehead atoms. The van der Waals surface area contributed by atoms with E-state index in [9.17, 15) is 4.79 Å². The van der Waals surface area contributed by atoms with Gasteiger partial charge in [0.15, 0.2) is 0 Å². The molecule has 1 aliphatic carbocycles. The molecule has 0 amide bonds. The molecule has 0 saturated carbocycles. The summed E-state index contributed by atoms with van der Waals surface area (Å²) in [5.74, 6) is -0.0568. The first-order valence-corrected chi connectivity index (χ1v) is 5.97. The minimum absolute atomic E-state index is 0.196. The quantitative estimate of drug-likeness (QED) is 0.871. The summed E-state index contributed by atoms with van der Waals surface area (Å²) >= 11 is 0. The molecular formula is C14H18O3. The van der Waals surface area contributed by atoms with Gasteiger partial charge in [-0.05, 0) is 56.4 Å². The van der Waals surface area contributed by atoms with Crippen LogP contribution in [0.4, 0.5) is 0 Å². The molecule has 0 saturated heterocycles. The summed E-state index contributed by atoms with van der Waals surface area (Å²) in [5.41, 5.74) is 1.89. The van der Waals surface area contributed by atoms with Gasteiger partial charge in [-0.25, -0.2) is 0 Å². The minimum Gasteiger partial charge on any atom is -0.492 e. The minimum atomic E-state index is -0.848. The highest BCUT2D eigenvalue weighted by molar-refractivity contribution is 5.73. The molecule has 0 atom stereocenters. The van der Waals surface area contributed by atoms with Crippen molar-refractivity contribution in [1.29, 1.82) is 0 Å². The number of rotatable bonds is 4. The van der Waals surface area contributed by atoms with Crippen LogP contribution in [0.15, 0.2) is 18.2 Å². The highest BCUT2D eigenvalue weighted by atomic mass is 16.5. The molecule has 92 valence electrons. The Morgan fingerprint density at radius 1 is 1.35 bits per heavy atom. The maximum absolute atomic E-state index is 10.9. The Hall–Kier alpha value is -1.51. The van der Waals surface area contributed by atoms with Gasteiger partial charge in [0.05, 0.1) is 5.41 Å². The number of ether oxygens (including phenoxy) is 1. The number of carboxylic acid groups (broad SMARTS) is 1. The molecule has 3 heteroatoms. The van der Waals surface area contributed by atoms with Crippen molar-refractivity contribution in [3.63, 3.8) is 0 Å². The number of aryl methyl sites for hydroxylation is 2. The third-order valence-electron chi connectivity index (χ3n) is 3.25. The number of carbonyl (C=O) groups is 1. The van der Waals surface area contributed by atoms with E-state index in [1.165, 1.54) is 17.5 Å². The zero-order valence-corrected chi connectivity index (χ0v) is 10.3. The van der Waals surface area contributed by atoms with Crippen molar-refractivity contribution in [3.8, 4) is 5.75 Å². The molecule has 1 aliphatic rings. The zero-order valence-electron chi connectivity index (χ0n) is 10.3. The maximum atomic E-state index is 10.9. The molecule has 0 unspecified atom stereocenters. The van der Waals surface area contributed by atoms with Gasteiger partial charge in [-0.15, -0.1) is 0 Å². The lowest BCUT2D eigenvalue weighted by Crippen LogP contribution is -2.30. The van der Waals surface area contributed by atoms with E-state index in [0.717, 1.165) is 18.6 Å². The van der Waals surface area contributed by atoms with Crippen LogP contribution in [0.2, 0.25) is 0 Å². The highest BCUT2D eigenvalue weighted by Gasteiger charge is 2.28. The Bertz CT molecular complexity index is 435. The zero-order chi connectivity index (χ0) is 12.5. The number of hydrogen-bond acceptors (Lipinski definition) is 2. The van der Waals surface area contributed by atoms with Crippen molar-refractivity contribution < 1.29 is 14.6 Å². The van der Waals surface area contributed by atoms with Gasteiger partial charge in [-0.1, -0.05) is 6.07 Å². The van der Waals surface area contributed by atoms with Gasteiger partial charge in [-0.3, -0.25) is 4.79 Å². The Kier molecular flexibility index (Phi) is 3.09. The molecule has 1 N–H and O–H groups in total. The van der Waals surface area contributed by atoms with Gasteiger partial charge in [-0.2, -0.15) is 0 Å². The Balaban J connectivity index is 2.03. The highest BCUT2D eigenvalue weighted by Crippen LogP contribution is 2.27. The van der Waals surface area contributed by atoms with Gasteiger partial charge >= 0.3 is 5.97 Å². The summed E-state index contributed by atoms with van der Waals surface area (Å²) in [6, 6.07) is 6.06. The molecule has 1 aromatic rings. The average molecular weight is 234 g/mol. The van der Waals surface area contributed by atoms with Crippen LogP contribution in [-0.2, 0) is 17.6 Å². The van der Waals surface area contributed by atoms with E-state index >= 15 is 0 Å². The lowest BCUT2D eigenvalue weighted by Gasteiger charge is -2.19. The molecule has 1 aromatic carbocycles. The first-order valence-electron chi connectivity index (χ1n) is 5.97. The molecule has 0 radical (unpaired) electrons. The van der Waals surface area contributed by atoms with Gasteiger partial charge in [0.25, 0.3) is 0 Å². The molecule has 3 nitrogen and oxygen atoms in total. The third-order valence-corrected chi connectivity index (χ3v) is 3.25. The van der Waals surface area contributed by atoms with Gasteiger partial charge in [0, 0.05) is 0 Å². The molecule has 0 fully saturated rings. The van der Waals surface area contributed by atoms with Crippen molar-refractivity contribution in [3.05, 3.63) is 29.3 Å². The second-order valence-electron chi connectivity index (χ2n) is 5.26. The lowest BCUT2D eigenvalue weighted by molar-refractivity contribution is -0.148. The summed E-state index contributed by atoms with van der Waals surface area (Å²) in [6.07, 6.45) is 3.46. The van der Waals surface area contributed by atoms with E-state index in [-0.39, 0.29) is 6.61 Å². The molecule has 17 heavy (non-hydrogen) atoms. The van der Waals surface area contributed by atoms with Crippen LogP contribution in [-0.4, -0.2) is 17.7 Å². The van der Waals surface area contributed by atoms with Crippen LogP contribution in [0.5, 0.6) is 5.75 Å². The fraction of sp³-hybridized carbons (Fsp3) is 0.500. The summed E-state index contributed by atoms with van der Waals surface area (Å²) < 4.78 is 5.58. The molecule has 2 rings (SSSR count). The van der Waals surface area contributed by atoms with Crippen LogP contribution < -0.4 is 4.74 Å². The summed E-state index contributed by atoms with van der Waals surface area (Å²) in [5, 5.41) is 8.99. The second-order valence-corrected chi connectivity index (χ2v) is 5.26. The SMILES string of the molecule is CC(C)(COc1ccc2c(c1)CCC2)C(=O)O. The Morgan fingerprint density at radius 3 is 2.76 bits per heavy atom. The van der Waals surface area contributed by atoms with E-state index in [1.54, 1.807) is 13.8 Å². The molecule has 0 heterocycles. The lowest BCUT2D eigenvalue weighted by atomic mass is 9.95. The van der Waals surface area contributed by atoms with E-state index < -0.39 is 11.4 Å². The van der Waals surface area contributed by atoms with Gasteiger partial charge in [0.2, 0.25) is 0 Å². The number of hydrogen-bond donors (Lipinski definition) is 1. The number of fused-ring (bicyclic) bond motifs is 1. The average Bonchev–Trinajstić information content (AvgIpc) is 2.73. The van der Waals surface area contributed by atoms with Crippen LogP contribution in [0.1, 0.15) is 31.4 Å². The van der Waals surface area contributed by atoms with Crippen LogP contribution in [0, 0.1) is 5.41 Å². The predicted molar refractivity (Wildman–Crippen MR) is 65.4 cm³/mol. The topological polar surface area (TPSA) is 46.5 Å². The summed E-state index contributed by atoms with van der Waals surface area (Å²) in [4.78, 5) is 10.9. The molecule has 0 aliphatic heterocycles. The first kappa shape index (κ1) is 12.0. The van der Waals surface area contributed by atoms with Crippen molar-refractivity contribution in [2.24, 2.45) is 5.41 Å². The summed E-state index contributed by atoms with van der Waals surface area (Å²) in [6.45, 7) is 3.53. The van der Waals surface area contributed by atoms with E-state index in [2.05, 4.69) is 6.07 Å². The normalized spacial score (nSPS) is 14.5. The largest absolute Gasteiger partial charge is 0.492 e. The van der Waals surface area contributed by atoms with E-state index in [0.29, 0.717) is 0 Å². The summed E-state index contributed by atoms with van der Waals surface area (Å²) in [7, 11) is 0. The monoisotopic (exact) mass is 234 g/mol. The number of benzene rings is 1. The van der Waals surface area contributed by atoms with Gasteiger partial charge in [0.1, 0.15) is 12.4 Å². The second kappa shape index (κ2) is 4.40. The molecular weight excluding hydrogens is 216 g/mol. The Morgan fingerprint density at radius 2 is 2.06 bits per heavy atom. The standard InChI is InChI=1S/C14H18O3/c1-14(2,13(15)16)9-17-12-7-6-10-4-3-5-11(10)8-12/h6-8H,3-5,9H2,1-2H3,(H,15,16). The van der Waals surface area contributed by atoms with Gasteiger partial charge < -0.3 is 9.84 Å². The number of aliphatic carboxylic acids is 1. The van der Waals surface area contributed by atoms with Crippen molar-refractivity contribution >= 4 is 5.97 Å². The van der Waals surface area contributed by atoms with Crippen LogP contribution in [0.3, 0.4) is 0 Å². The smallest absolute Gasteiger partial charge is 0.312 e. The molecule has 0 aromatic heterocycles. The number of carboxylic acids is 1. The fourth-order valence-corrected chi connectivity index (χ4v) is 1.96. The van der Waals surface area contributed by atoms with Crippen molar-refractivity contribution in [2.45, 2.75) is 33.1 Å². The van der Waals surface area contributed by atoms with E-state index in [1.807, 2.05) is 12.1 Å². The maximum Gasteiger partial charge on any atom is 0.312 e. The van der Waals surface area contributed by atoms with E-state index in [4.69, 9.17) is 9.84 Å². The Labute approximate surface area is 101 Å². The van der Waals surface area contributed by atoms with Crippen molar-refractivity contribution in [1.82, 2.24) is 0 Å². The first-order chi connectivity index (χ1) is 7.99. The van der Waals surface area contributed by atoms with Crippen molar-refractivity contribution in [2.75, 3.05) is 6.61 Å².